The highest BCUT2D eigenvalue weighted by molar-refractivity contribution is 8.00. The van der Waals surface area contributed by atoms with Crippen molar-refractivity contribution in [2.24, 2.45) is 0 Å². The van der Waals surface area contributed by atoms with Gasteiger partial charge < -0.3 is 5.73 Å². The molecule has 1 heterocycles. The number of nitrogens with two attached hydrogens (primary N) is 1. The topological polar surface area (TPSA) is 82.0 Å². The molecule has 5 nitrogen and oxygen atoms in total. The maximum Gasteiger partial charge on any atom is 0.272 e. The maximum absolute atomic E-state index is 10.8. The smallest absolute Gasteiger partial charge is 0.272 e. The van der Waals surface area contributed by atoms with Crippen LogP contribution in [0.1, 0.15) is 11.1 Å². The molecule has 0 atom stereocenters. The number of hydrogen-bond donors (Lipinski definition) is 1. The molecule has 2 N–H and O–H groups in total. The van der Waals surface area contributed by atoms with Gasteiger partial charge in [-0.3, -0.25) is 10.1 Å². The number of benzene rings is 1. The lowest BCUT2D eigenvalue weighted by Crippen LogP contribution is -1.95. The van der Waals surface area contributed by atoms with Crippen LogP contribution in [0.15, 0.2) is 28.6 Å². The van der Waals surface area contributed by atoms with E-state index in [-0.39, 0.29) is 10.6 Å². The molecule has 1 aromatic carbocycles. The SMILES string of the molecule is Cc1c(CSc2cnc(N)s2)cccc1[N+](=O)[O-]. The highest BCUT2D eigenvalue weighted by Gasteiger charge is 2.13. The summed E-state index contributed by atoms with van der Waals surface area (Å²) in [6.07, 6.45) is 1.72. The fourth-order valence-corrected chi connectivity index (χ4v) is 3.34. The van der Waals surface area contributed by atoms with Crippen LogP contribution in [0.4, 0.5) is 10.8 Å². The molecule has 0 aliphatic carbocycles. The number of nitro groups is 1. The number of anilines is 1. The van der Waals surface area contributed by atoms with Crippen LogP contribution < -0.4 is 5.73 Å². The molecule has 2 rings (SSSR count). The van der Waals surface area contributed by atoms with E-state index < -0.39 is 0 Å². The Kier molecular flexibility index (Phi) is 3.83. The zero-order valence-electron chi connectivity index (χ0n) is 9.62. The number of nitrogen functional groups attached to an aromatic ring is 1. The van der Waals surface area contributed by atoms with Crippen LogP contribution in [0.3, 0.4) is 0 Å². The van der Waals surface area contributed by atoms with Gasteiger partial charge in [-0.15, -0.1) is 11.8 Å². The van der Waals surface area contributed by atoms with E-state index in [9.17, 15) is 10.1 Å². The number of hydrogen-bond acceptors (Lipinski definition) is 6. The quantitative estimate of drug-likeness (QED) is 0.528. The van der Waals surface area contributed by atoms with E-state index >= 15 is 0 Å². The van der Waals surface area contributed by atoms with Gasteiger partial charge in [0.15, 0.2) is 5.13 Å². The number of nitrogens with zero attached hydrogens (tertiary/aromatic N) is 2. The summed E-state index contributed by atoms with van der Waals surface area (Å²) in [5.41, 5.74) is 7.38. The van der Waals surface area contributed by atoms with Crippen molar-refractivity contribution < 1.29 is 4.92 Å². The minimum absolute atomic E-state index is 0.164. The third-order valence-corrected chi connectivity index (χ3v) is 4.56. The average molecular weight is 281 g/mol. The van der Waals surface area contributed by atoms with Gasteiger partial charge in [0.25, 0.3) is 5.69 Å². The number of thioether (sulfide) groups is 1. The highest BCUT2D eigenvalue weighted by Crippen LogP contribution is 2.31. The third kappa shape index (κ3) is 2.80. The number of nitro benzene ring substituents is 1. The minimum Gasteiger partial charge on any atom is -0.375 e. The van der Waals surface area contributed by atoms with E-state index in [0.29, 0.717) is 16.4 Å². The van der Waals surface area contributed by atoms with E-state index in [0.717, 1.165) is 9.77 Å². The maximum atomic E-state index is 10.8. The van der Waals surface area contributed by atoms with Gasteiger partial charge in [-0.2, -0.15) is 0 Å². The molecule has 18 heavy (non-hydrogen) atoms. The molecule has 94 valence electrons. The first-order chi connectivity index (χ1) is 8.58. The zero-order valence-corrected chi connectivity index (χ0v) is 11.3. The Morgan fingerprint density at radius 2 is 2.33 bits per heavy atom. The van der Waals surface area contributed by atoms with Crippen molar-refractivity contribution >= 4 is 33.9 Å². The van der Waals surface area contributed by atoms with Crippen LogP contribution in [-0.4, -0.2) is 9.91 Å². The Bertz CT molecular complexity index is 583. The van der Waals surface area contributed by atoms with Crippen molar-refractivity contribution in [3.63, 3.8) is 0 Å². The summed E-state index contributed by atoms with van der Waals surface area (Å²) >= 11 is 3.00. The largest absolute Gasteiger partial charge is 0.375 e. The molecule has 0 bridgehead atoms. The van der Waals surface area contributed by atoms with Gasteiger partial charge in [0, 0.05) is 17.4 Å². The van der Waals surface area contributed by atoms with Crippen LogP contribution in [-0.2, 0) is 5.75 Å². The van der Waals surface area contributed by atoms with Crippen molar-refractivity contribution in [3.8, 4) is 0 Å². The Labute approximate surface area is 112 Å². The minimum atomic E-state index is -0.353. The fraction of sp³-hybridized carbons (Fsp3) is 0.182. The summed E-state index contributed by atoms with van der Waals surface area (Å²) in [5, 5.41) is 11.4. The number of rotatable bonds is 4. The predicted octanol–water partition coefficient (Wildman–Crippen LogP) is 3.23. The Morgan fingerprint density at radius 1 is 1.56 bits per heavy atom. The second-order valence-electron chi connectivity index (χ2n) is 3.62. The van der Waals surface area contributed by atoms with E-state index in [2.05, 4.69) is 4.98 Å². The molecule has 0 unspecified atom stereocenters. The zero-order chi connectivity index (χ0) is 13.1. The molecule has 7 heteroatoms. The first-order valence-electron chi connectivity index (χ1n) is 5.15. The first-order valence-corrected chi connectivity index (χ1v) is 6.95. The molecular weight excluding hydrogens is 270 g/mol. The van der Waals surface area contributed by atoms with Crippen LogP contribution in [0.2, 0.25) is 0 Å². The Hall–Kier alpha value is -1.60. The lowest BCUT2D eigenvalue weighted by atomic mass is 10.1. The summed E-state index contributed by atoms with van der Waals surface area (Å²) in [5.74, 6) is 0.676. The monoisotopic (exact) mass is 281 g/mol. The molecule has 0 amide bonds. The molecule has 0 aliphatic heterocycles. The van der Waals surface area contributed by atoms with Gasteiger partial charge >= 0.3 is 0 Å². The number of thiazole rings is 1. The molecule has 0 radical (unpaired) electrons. The summed E-state index contributed by atoms with van der Waals surface area (Å²) in [4.78, 5) is 14.4. The first kappa shape index (κ1) is 12.8. The van der Waals surface area contributed by atoms with Crippen molar-refractivity contribution in [3.05, 3.63) is 45.6 Å². The molecule has 0 saturated carbocycles. The van der Waals surface area contributed by atoms with Gasteiger partial charge in [-0.25, -0.2) is 4.98 Å². The normalized spacial score (nSPS) is 10.5. The average Bonchev–Trinajstić information content (AvgIpc) is 2.73. The third-order valence-electron chi connectivity index (χ3n) is 2.49. The Balaban J connectivity index is 2.14. The van der Waals surface area contributed by atoms with Gasteiger partial charge in [-0.05, 0) is 12.5 Å². The van der Waals surface area contributed by atoms with E-state index in [1.54, 1.807) is 30.9 Å². The summed E-state index contributed by atoms with van der Waals surface area (Å²) < 4.78 is 1.01. The van der Waals surface area contributed by atoms with Crippen LogP contribution in [0, 0.1) is 17.0 Å². The summed E-state index contributed by atoms with van der Waals surface area (Å²) in [7, 11) is 0. The van der Waals surface area contributed by atoms with Crippen LogP contribution in [0.25, 0.3) is 0 Å². The highest BCUT2D eigenvalue weighted by atomic mass is 32.2. The van der Waals surface area contributed by atoms with Gasteiger partial charge in [0.2, 0.25) is 0 Å². The van der Waals surface area contributed by atoms with E-state index in [4.69, 9.17) is 5.73 Å². The van der Waals surface area contributed by atoms with Crippen molar-refractivity contribution in [2.75, 3.05) is 5.73 Å². The summed E-state index contributed by atoms with van der Waals surface area (Å²) in [6, 6.07) is 5.13. The molecule has 1 aromatic heterocycles. The predicted molar refractivity (Wildman–Crippen MR) is 73.9 cm³/mol. The van der Waals surface area contributed by atoms with Crippen LogP contribution in [0.5, 0.6) is 0 Å². The molecule has 0 saturated heterocycles. The standard InChI is InChI=1S/C11H11N3O2S2/c1-7-8(3-2-4-9(7)14(15)16)6-17-10-5-13-11(12)18-10/h2-5H,6H2,1H3,(H2,12,13). The summed E-state index contributed by atoms with van der Waals surface area (Å²) in [6.45, 7) is 1.77. The van der Waals surface area contributed by atoms with E-state index in [1.165, 1.54) is 17.4 Å². The van der Waals surface area contributed by atoms with Gasteiger partial charge in [0.1, 0.15) is 0 Å². The van der Waals surface area contributed by atoms with Gasteiger partial charge in [0.05, 0.1) is 15.3 Å². The van der Waals surface area contributed by atoms with E-state index in [1.807, 2.05) is 6.07 Å². The van der Waals surface area contributed by atoms with Crippen molar-refractivity contribution in [1.82, 2.24) is 4.98 Å². The molecule has 0 aliphatic rings. The second kappa shape index (κ2) is 5.36. The fourth-order valence-electron chi connectivity index (χ4n) is 1.51. The van der Waals surface area contributed by atoms with Crippen LogP contribution >= 0.6 is 23.1 Å². The molecule has 0 fully saturated rings. The molecule has 2 aromatic rings. The van der Waals surface area contributed by atoms with Gasteiger partial charge in [-0.1, -0.05) is 23.5 Å². The second-order valence-corrected chi connectivity index (χ2v) is 5.96. The van der Waals surface area contributed by atoms with Crippen molar-refractivity contribution in [2.45, 2.75) is 16.9 Å². The number of aromatic nitrogens is 1. The Morgan fingerprint density at radius 3 is 2.94 bits per heavy atom. The molecular formula is C11H11N3O2S2. The molecule has 0 spiro atoms. The lowest BCUT2D eigenvalue weighted by molar-refractivity contribution is -0.385. The lowest BCUT2D eigenvalue weighted by Gasteiger charge is -2.04. The van der Waals surface area contributed by atoms with Crippen molar-refractivity contribution in [1.29, 1.82) is 0 Å².